The highest BCUT2D eigenvalue weighted by Crippen LogP contribution is 2.43. The zero-order chi connectivity index (χ0) is 14.8. The van der Waals surface area contributed by atoms with Crippen LogP contribution >= 0.6 is 0 Å². The molecule has 0 saturated carbocycles. The van der Waals surface area contributed by atoms with Gasteiger partial charge in [0.25, 0.3) is 0 Å². The van der Waals surface area contributed by atoms with Gasteiger partial charge in [0, 0.05) is 11.0 Å². The molecule has 2 aromatic heterocycles. The minimum atomic E-state index is -0.0806. The summed E-state index contributed by atoms with van der Waals surface area (Å²) in [5.41, 5.74) is 7.79. The number of rotatable bonds is 0. The van der Waals surface area contributed by atoms with E-state index < -0.39 is 0 Å². The van der Waals surface area contributed by atoms with Crippen molar-refractivity contribution in [2.24, 2.45) is 0 Å². The molecule has 0 bridgehead atoms. The summed E-state index contributed by atoms with van der Waals surface area (Å²) in [5, 5.41) is 7.66. The van der Waals surface area contributed by atoms with Crippen LogP contribution in [0.2, 0.25) is 0 Å². The smallest absolute Gasteiger partial charge is 0.240 e. The molecule has 0 unspecified atom stereocenters. The van der Waals surface area contributed by atoms with Crippen LogP contribution in [0.5, 0.6) is 0 Å². The molecule has 0 saturated heterocycles. The molecule has 1 aliphatic rings. The zero-order valence-electron chi connectivity index (χ0n) is 12.6. The van der Waals surface area contributed by atoms with E-state index in [9.17, 15) is 0 Å². The number of benzene rings is 1. The Morgan fingerprint density at radius 2 is 1.76 bits per heavy atom. The van der Waals surface area contributed by atoms with Crippen molar-refractivity contribution in [3.8, 4) is 11.3 Å². The van der Waals surface area contributed by atoms with Crippen molar-refractivity contribution in [2.45, 2.75) is 39.5 Å². The van der Waals surface area contributed by atoms with Gasteiger partial charge in [-0.25, -0.2) is 14.6 Å². The summed E-state index contributed by atoms with van der Waals surface area (Å²) in [4.78, 5) is 9.33. The van der Waals surface area contributed by atoms with Crippen molar-refractivity contribution in [2.75, 3.05) is 0 Å². The molecule has 4 rings (SSSR count). The molecule has 0 radical (unpaired) electrons. The molecule has 21 heavy (non-hydrogen) atoms. The molecule has 0 aliphatic heterocycles. The maximum Gasteiger partial charge on any atom is 0.243 e. The fourth-order valence-corrected chi connectivity index (χ4v) is 3.38. The summed E-state index contributed by atoms with van der Waals surface area (Å²) in [5.74, 6) is 0. The molecule has 0 fully saturated rings. The Balaban J connectivity index is 2.13. The van der Waals surface area contributed by atoms with Crippen molar-refractivity contribution in [3.63, 3.8) is 0 Å². The maximum atomic E-state index is 4.76. The van der Waals surface area contributed by atoms with E-state index in [0.717, 1.165) is 17.8 Å². The van der Waals surface area contributed by atoms with Gasteiger partial charge in [-0.05, 0) is 41.7 Å². The third-order valence-corrected chi connectivity index (χ3v) is 4.19. The van der Waals surface area contributed by atoms with E-state index in [-0.39, 0.29) is 5.41 Å². The highest BCUT2D eigenvalue weighted by molar-refractivity contribution is 5.78. The second-order valence-corrected chi connectivity index (χ2v) is 6.51. The average molecular weight is 280 g/mol. The van der Waals surface area contributed by atoms with Crippen LogP contribution in [-0.4, -0.2) is 20.3 Å². The molecular formula is C16H16N4O. The zero-order valence-corrected chi connectivity index (χ0v) is 12.6. The normalized spacial score (nSPS) is 15.8. The Morgan fingerprint density at radius 1 is 1.05 bits per heavy atom. The van der Waals surface area contributed by atoms with Crippen LogP contribution in [0.15, 0.2) is 16.8 Å². The van der Waals surface area contributed by atoms with Crippen molar-refractivity contribution in [3.05, 3.63) is 34.5 Å². The molecule has 0 amide bonds. The first-order chi connectivity index (χ1) is 9.95. The van der Waals surface area contributed by atoms with Crippen LogP contribution in [-0.2, 0) is 11.8 Å². The Kier molecular flexibility index (Phi) is 2.29. The first kappa shape index (κ1) is 12.4. The fourth-order valence-electron chi connectivity index (χ4n) is 3.38. The Morgan fingerprint density at radius 3 is 2.52 bits per heavy atom. The lowest BCUT2D eigenvalue weighted by Crippen LogP contribution is -2.28. The van der Waals surface area contributed by atoms with E-state index in [1.807, 2.05) is 0 Å². The fraction of sp³-hybridized carbons (Fsp3) is 0.375. The van der Waals surface area contributed by atoms with Gasteiger partial charge in [0.15, 0.2) is 0 Å². The van der Waals surface area contributed by atoms with Crippen molar-refractivity contribution >= 4 is 11.3 Å². The summed E-state index contributed by atoms with van der Waals surface area (Å²) in [6.45, 7) is 8.65. The highest BCUT2D eigenvalue weighted by atomic mass is 16.6. The van der Waals surface area contributed by atoms with Gasteiger partial charge in [-0.15, -0.1) is 0 Å². The number of aromatic nitrogens is 4. The van der Waals surface area contributed by atoms with Gasteiger partial charge in [0.1, 0.15) is 0 Å². The van der Waals surface area contributed by atoms with Crippen molar-refractivity contribution < 1.29 is 4.63 Å². The largest absolute Gasteiger partial charge is 0.243 e. The summed E-state index contributed by atoms with van der Waals surface area (Å²) in [7, 11) is 0. The molecular weight excluding hydrogens is 264 g/mol. The SMILES string of the molecule is Cc1cc(C)c2c(c1)CC(C)(C)c1nc3nonc3nc1-2. The first-order valence-corrected chi connectivity index (χ1v) is 7.07. The molecule has 0 atom stereocenters. The summed E-state index contributed by atoms with van der Waals surface area (Å²) in [6, 6.07) is 4.44. The Labute approximate surface area is 122 Å². The lowest BCUT2D eigenvalue weighted by Gasteiger charge is -2.32. The van der Waals surface area contributed by atoms with Crippen LogP contribution in [0.4, 0.5) is 0 Å². The lowest BCUT2D eigenvalue weighted by atomic mass is 9.73. The molecule has 0 N–H and O–H groups in total. The van der Waals surface area contributed by atoms with E-state index in [4.69, 9.17) is 4.63 Å². The quantitative estimate of drug-likeness (QED) is 0.633. The van der Waals surface area contributed by atoms with Gasteiger partial charge in [-0.1, -0.05) is 31.5 Å². The molecule has 5 nitrogen and oxygen atoms in total. The van der Waals surface area contributed by atoms with E-state index >= 15 is 0 Å². The molecule has 0 spiro atoms. The number of fused-ring (bicyclic) bond motifs is 4. The van der Waals surface area contributed by atoms with Crippen LogP contribution in [0, 0.1) is 13.8 Å². The Hall–Kier alpha value is -2.30. The van der Waals surface area contributed by atoms with Gasteiger partial charge >= 0.3 is 0 Å². The third-order valence-electron chi connectivity index (χ3n) is 4.19. The number of hydrogen-bond donors (Lipinski definition) is 0. The van der Waals surface area contributed by atoms with Gasteiger partial charge in [-0.3, -0.25) is 0 Å². The molecule has 5 heteroatoms. The number of nitrogens with zero attached hydrogens (tertiary/aromatic N) is 4. The maximum absolute atomic E-state index is 4.76. The van der Waals surface area contributed by atoms with Crippen molar-refractivity contribution in [1.29, 1.82) is 0 Å². The first-order valence-electron chi connectivity index (χ1n) is 7.07. The van der Waals surface area contributed by atoms with E-state index in [1.165, 1.54) is 22.3 Å². The molecule has 1 aromatic carbocycles. The third kappa shape index (κ3) is 1.70. The summed E-state index contributed by atoms with van der Waals surface area (Å²) in [6.07, 6.45) is 0.948. The van der Waals surface area contributed by atoms with Crippen LogP contribution in [0.1, 0.15) is 36.2 Å². The van der Waals surface area contributed by atoms with Crippen LogP contribution in [0.3, 0.4) is 0 Å². The van der Waals surface area contributed by atoms with Crippen molar-refractivity contribution in [1.82, 2.24) is 20.3 Å². The molecule has 106 valence electrons. The topological polar surface area (TPSA) is 64.7 Å². The van der Waals surface area contributed by atoms with Gasteiger partial charge in [-0.2, -0.15) is 0 Å². The van der Waals surface area contributed by atoms with E-state index in [1.54, 1.807) is 0 Å². The highest BCUT2D eigenvalue weighted by Gasteiger charge is 2.35. The van der Waals surface area contributed by atoms with Gasteiger partial charge < -0.3 is 0 Å². The van der Waals surface area contributed by atoms with Gasteiger partial charge in [0.05, 0.1) is 11.4 Å². The summed E-state index contributed by atoms with van der Waals surface area (Å²) >= 11 is 0. The molecule has 2 heterocycles. The Bertz CT molecular complexity index is 879. The van der Waals surface area contributed by atoms with Gasteiger partial charge in [0.2, 0.25) is 11.3 Å². The van der Waals surface area contributed by atoms with E-state index in [0.29, 0.717) is 11.3 Å². The minimum absolute atomic E-state index is 0.0806. The lowest BCUT2D eigenvalue weighted by molar-refractivity contribution is 0.314. The monoisotopic (exact) mass is 280 g/mol. The molecule has 1 aliphatic carbocycles. The number of aryl methyl sites for hydroxylation is 2. The van der Waals surface area contributed by atoms with E-state index in [2.05, 4.69) is 60.1 Å². The summed E-state index contributed by atoms with van der Waals surface area (Å²) < 4.78 is 4.76. The van der Waals surface area contributed by atoms with Crippen LogP contribution < -0.4 is 0 Å². The second-order valence-electron chi connectivity index (χ2n) is 6.51. The predicted molar refractivity (Wildman–Crippen MR) is 79.0 cm³/mol. The second kappa shape index (κ2) is 3.87. The minimum Gasteiger partial charge on any atom is -0.240 e. The molecule has 3 aromatic rings. The van der Waals surface area contributed by atoms with Crippen LogP contribution in [0.25, 0.3) is 22.6 Å². The standard InChI is InChI=1S/C16H16N4O/c1-8-5-9(2)11-10(6-8)7-16(3,4)13-12(11)17-14-15(18-13)20-21-19-14/h5-6H,7H2,1-4H3. The predicted octanol–water partition coefficient (Wildman–Crippen LogP) is 3.13. The number of hydrogen-bond acceptors (Lipinski definition) is 5. The average Bonchev–Trinajstić information content (AvgIpc) is 2.82.